The molecule has 0 spiro atoms. The zero-order valence-electron chi connectivity index (χ0n) is 27.6. The van der Waals surface area contributed by atoms with Gasteiger partial charge in [-0.25, -0.2) is 0 Å². The molecule has 1 aliphatic heterocycles. The summed E-state index contributed by atoms with van der Waals surface area (Å²) in [4.78, 5) is 0. The quantitative estimate of drug-likeness (QED) is 0.119. The van der Waals surface area contributed by atoms with Crippen molar-refractivity contribution in [1.29, 1.82) is 0 Å². The molecule has 234 valence electrons. The van der Waals surface area contributed by atoms with Crippen molar-refractivity contribution in [2.75, 3.05) is 6.79 Å². The minimum atomic E-state index is 0.181. The lowest BCUT2D eigenvalue weighted by Gasteiger charge is -2.15. The predicted molar refractivity (Wildman–Crippen MR) is 197 cm³/mol. The predicted octanol–water partition coefficient (Wildman–Crippen LogP) is 11.9. The second kappa shape index (κ2) is 14.2. The molecule has 1 aliphatic rings. The van der Waals surface area contributed by atoms with Crippen LogP contribution in [0.25, 0.3) is 43.8 Å². The van der Waals surface area contributed by atoms with Crippen LogP contribution in [0.5, 0.6) is 11.5 Å². The topological polar surface area (TPSA) is 18.5 Å². The first kappa shape index (κ1) is 30.6. The van der Waals surface area contributed by atoms with Crippen LogP contribution in [0.4, 0.5) is 0 Å². The standard InChI is InChI=1S/C45H42O2/c1-3-5-7-9-32-11-13-34(14-12-32)15-16-35-19-25-40-38(29-35)23-27-42-44(40)45-41-26-22-37(30-39(41)24-28-43(45)47-31-46-42)36-20-17-33(18-21-36)10-8-6-4-2/h11-14,17-30H,3-10,31H2,1-2H3. The fraction of sp³-hybridized carbons (Fsp3) is 0.244. The maximum absolute atomic E-state index is 6.16. The molecular formula is C45H42O2. The summed E-state index contributed by atoms with van der Waals surface area (Å²) in [5.41, 5.74) is 9.44. The number of rotatable bonds is 9. The van der Waals surface area contributed by atoms with Crippen LogP contribution in [0.15, 0.2) is 109 Å². The lowest BCUT2D eigenvalue weighted by atomic mass is 9.90. The smallest absolute Gasteiger partial charge is 0.230 e. The van der Waals surface area contributed by atoms with Crippen molar-refractivity contribution in [3.05, 3.63) is 131 Å². The van der Waals surface area contributed by atoms with Crippen LogP contribution < -0.4 is 9.47 Å². The maximum Gasteiger partial charge on any atom is 0.230 e. The van der Waals surface area contributed by atoms with Crippen molar-refractivity contribution in [3.63, 3.8) is 0 Å². The van der Waals surface area contributed by atoms with Gasteiger partial charge in [-0.1, -0.05) is 118 Å². The molecule has 1 heterocycles. The van der Waals surface area contributed by atoms with E-state index in [-0.39, 0.29) is 6.79 Å². The van der Waals surface area contributed by atoms with Crippen LogP contribution in [0.1, 0.15) is 74.6 Å². The van der Waals surface area contributed by atoms with Crippen LogP contribution in [-0.4, -0.2) is 6.79 Å². The molecule has 6 aromatic rings. The molecular weight excluding hydrogens is 572 g/mol. The van der Waals surface area contributed by atoms with Crippen molar-refractivity contribution in [2.24, 2.45) is 0 Å². The van der Waals surface area contributed by atoms with E-state index in [4.69, 9.17) is 9.47 Å². The fourth-order valence-electron chi connectivity index (χ4n) is 6.71. The second-order valence-electron chi connectivity index (χ2n) is 12.7. The normalized spacial score (nSPS) is 12.0. The van der Waals surface area contributed by atoms with Crippen LogP contribution in [0.2, 0.25) is 0 Å². The van der Waals surface area contributed by atoms with Crippen LogP contribution in [0, 0.1) is 11.8 Å². The van der Waals surface area contributed by atoms with Crippen molar-refractivity contribution < 1.29 is 9.47 Å². The highest BCUT2D eigenvalue weighted by molar-refractivity contribution is 6.10. The molecule has 0 N–H and O–H groups in total. The summed E-state index contributed by atoms with van der Waals surface area (Å²) in [7, 11) is 0. The minimum Gasteiger partial charge on any atom is -0.457 e. The first-order valence-corrected chi connectivity index (χ1v) is 17.3. The molecule has 2 heteroatoms. The Morgan fingerprint density at radius 2 is 1.00 bits per heavy atom. The molecule has 7 rings (SSSR count). The average Bonchev–Trinajstić information content (AvgIpc) is 3.31. The van der Waals surface area contributed by atoms with E-state index < -0.39 is 0 Å². The highest BCUT2D eigenvalue weighted by Gasteiger charge is 2.22. The largest absolute Gasteiger partial charge is 0.457 e. The lowest BCUT2D eigenvalue weighted by Crippen LogP contribution is -2.03. The summed E-state index contributed by atoms with van der Waals surface area (Å²) in [5, 5.41) is 4.60. The molecule has 0 bridgehead atoms. The van der Waals surface area contributed by atoms with E-state index in [0.29, 0.717) is 0 Å². The van der Waals surface area contributed by atoms with E-state index in [9.17, 15) is 0 Å². The number of hydrogen-bond acceptors (Lipinski definition) is 2. The highest BCUT2D eigenvalue weighted by atomic mass is 16.7. The van der Waals surface area contributed by atoms with Gasteiger partial charge < -0.3 is 9.47 Å². The Morgan fingerprint density at radius 1 is 0.489 bits per heavy atom. The molecule has 0 amide bonds. The summed E-state index contributed by atoms with van der Waals surface area (Å²) >= 11 is 0. The number of fused-ring (bicyclic) bond motifs is 7. The molecule has 0 saturated carbocycles. The Labute approximate surface area is 279 Å². The van der Waals surface area contributed by atoms with Gasteiger partial charge in [0.05, 0.1) is 0 Å². The van der Waals surface area contributed by atoms with Crippen molar-refractivity contribution in [3.8, 4) is 45.6 Å². The third kappa shape index (κ3) is 6.77. The third-order valence-corrected chi connectivity index (χ3v) is 9.37. The summed E-state index contributed by atoms with van der Waals surface area (Å²) in [6.45, 7) is 4.68. The number of hydrogen-bond donors (Lipinski definition) is 0. The van der Waals surface area contributed by atoms with Gasteiger partial charge in [0.15, 0.2) is 0 Å². The Hall–Kier alpha value is -5.00. The monoisotopic (exact) mass is 614 g/mol. The van der Waals surface area contributed by atoms with Gasteiger partial charge in [0.1, 0.15) is 11.5 Å². The van der Waals surface area contributed by atoms with Crippen molar-refractivity contribution in [2.45, 2.75) is 65.2 Å². The first-order valence-electron chi connectivity index (χ1n) is 17.3. The SMILES string of the molecule is CCCCCc1ccc(C#Cc2ccc3c4c(ccc3c2)OCOc2ccc3cc(-c5ccc(CCCCC)cc5)ccc3c2-4)cc1. The summed E-state index contributed by atoms with van der Waals surface area (Å²) < 4.78 is 12.3. The zero-order chi connectivity index (χ0) is 32.0. The summed E-state index contributed by atoms with van der Waals surface area (Å²) in [6.07, 6.45) is 9.84. The molecule has 2 nitrogen and oxygen atoms in total. The van der Waals surface area contributed by atoms with Gasteiger partial charge in [0, 0.05) is 22.3 Å². The average molecular weight is 615 g/mol. The Morgan fingerprint density at radius 3 is 1.62 bits per heavy atom. The maximum atomic E-state index is 6.16. The van der Waals surface area contributed by atoms with Gasteiger partial charge in [-0.15, -0.1) is 0 Å². The van der Waals surface area contributed by atoms with E-state index in [2.05, 4.69) is 135 Å². The Balaban J connectivity index is 1.21. The molecule has 0 aromatic heterocycles. The molecule has 6 aromatic carbocycles. The molecule has 0 unspecified atom stereocenters. The summed E-state index contributed by atoms with van der Waals surface area (Å²) in [5.74, 6) is 8.45. The van der Waals surface area contributed by atoms with E-state index >= 15 is 0 Å². The van der Waals surface area contributed by atoms with Crippen LogP contribution >= 0.6 is 0 Å². The molecule has 47 heavy (non-hydrogen) atoms. The molecule has 0 radical (unpaired) electrons. The van der Waals surface area contributed by atoms with Crippen molar-refractivity contribution in [1.82, 2.24) is 0 Å². The first-order chi connectivity index (χ1) is 23.2. The van der Waals surface area contributed by atoms with E-state index in [1.165, 1.54) is 66.2 Å². The van der Waals surface area contributed by atoms with Crippen molar-refractivity contribution >= 4 is 21.5 Å². The Kier molecular flexibility index (Phi) is 9.25. The number of benzene rings is 6. The molecule has 0 aliphatic carbocycles. The number of unbranched alkanes of at least 4 members (excludes halogenated alkanes) is 4. The lowest BCUT2D eigenvalue weighted by molar-refractivity contribution is 0.125. The molecule has 0 fully saturated rings. The van der Waals surface area contributed by atoms with Gasteiger partial charge in [-0.3, -0.25) is 0 Å². The van der Waals surface area contributed by atoms with Gasteiger partial charge >= 0.3 is 0 Å². The number of aryl methyl sites for hydroxylation is 2. The van der Waals surface area contributed by atoms with Gasteiger partial charge in [-0.2, -0.15) is 0 Å². The Bertz CT molecular complexity index is 2070. The highest BCUT2D eigenvalue weighted by Crippen LogP contribution is 2.47. The van der Waals surface area contributed by atoms with E-state index in [1.54, 1.807) is 0 Å². The second-order valence-corrected chi connectivity index (χ2v) is 12.7. The van der Waals surface area contributed by atoms with Crippen LogP contribution in [0.3, 0.4) is 0 Å². The van der Waals surface area contributed by atoms with E-state index in [0.717, 1.165) is 62.8 Å². The fourth-order valence-corrected chi connectivity index (χ4v) is 6.71. The summed E-state index contributed by atoms with van der Waals surface area (Å²) in [6, 6.07) is 39.5. The van der Waals surface area contributed by atoms with Gasteiger partial charge in [0.2, 0.25) is 6.79 Å². The van der Waals surface area contributed by atoms with Gasteiger partial charge in [-0.05, 0) is 112 Å². The number of ether oxygens (including phenoxy) is 2. The van der Waals surface area contributed by atoms with Crippen LogP contribution in [-0.2, 0) is 12.8 Å². The van der Waals surface area contributed by atoms with E-state index in [1.807, 2.05) is 0 Å². The third-order valence-electron chi connectivity index (χ3n) is 9.37. The molecule has 0 saturated heterocycles. The van der Waals surface area contributed by atoms with Gasteiger partial charge in [0.25, 0.3) is 0 Å². The minimum absolute atomic E-state index is 0.181. The molecule has 0 atom stereocenters. The zero-order valence-corrected chi connectivity index (χ0v) is 27.6.